The van der Waals surface area contributed by atoms with Crippen molar-refractivity contribution in [3.8, 4) is 11.1 Å². The number of benzene rings is 3. The maximum absolute atomic E-state index is 2.52. The Balaban J connectivity index is 0.00000185. The van der Waals surface area contributed by atoms with E-state index in [-0.39, 0.29) is 26.2 Å². The van der Waals surface area contributed by atoms with Crippen molar-refractivity contribution in [2.24, 2.45) is 29.6 Å². The molecule has 0 heterocycles. The summed E-state index contributed by atoms with van der Waals surface area (Å²) < 4.78 is 0. The molecule has 0 unspecified atom stereocenters. The predicted octanol–water partition coefficient (Wildman–Crippen LogP) is 7.99. The summed E-state index contributed by atoms with van der Waals surface area (Å²) in [6.45, 7) is 0. The third-order valence-corrected chi connectivity index (χ3v) is 8.76. The topological polar surface area (TPSA) is 0 Å². The van der Waals surface area contributed by atoms with Crippen LogP contribution in [0.25, 0.3) is 32.7 Å². The molecule has 0 amide bonds. The first-order valence-corrected chi connectivity index (χ1v) is 12.0. The van der Waals surface area contributed by atoms with E-state index in [1.165, 1.54) is 64.8 Å². The molecule has 0 atom stereocenters. The molecule has 1 heteroatoms. The van der Waals surface area contributed by atoms with E-state index in [0.717, 1.165) is 29.6 Å². The van der Waals surface area contributed by atoms with E-state index in [9.17, 15) is 0 Å². The zero-order chi connectivity index (χ0) is 19.7. The van der Waals surface area contributed by atoms with Crippen LogP contribution in [0.15, 0.2) is 72.8 Å². The molecule has 4 bridgehead atoms. The Morgan fingerprint density at radius 1 is 0.710 bits per heavy atom. The van der Waals surface area contributed by atoms with Gasteiger partial charge in [-0.15, -0.1) is 34.5 Å². The third-order valence-electron chi connectivity index (χ3n) is 8.76. The van der Waals surface area contributed by atoms with Crippen molar-refractivity contribution in [1.29, 1.82) is 0 Å². The molecule has 4 aliphatic rings. The van der Waals surface area contributed by atoms with Gasteiger partial charge in [0.15, 0.2) is 0 Å². The van der Waals surface area contributed by atoms with Crippen molar-refractivity contribution in [1.82, 2.24) is 0 Å². The zero-order valence-corrected chi connectivity index (χ0v) is 20.5. The van der Waals surface area contributed by atoms with Gasteiger partial charge < -0.3 is 0 Å². The quantitative estimate of drug-likeness (QED) is 0.261. The number of hydrogen-bond acceptors (Lipinski definition) is 0. The molecule has 4 aromatic carbocycles. The second-order valence-electron chi connectivity index (χ2n) is 10.5. The minimum atomic E-state index is 0. The maximum Gasteiger partial charge on any atom is 0 e. The van der Waals surface area contributed by atoms with Crippen LogP contribution in [-0.2, 0) is 32.6 Å². The van der Waals surface area contributed by atoms with E-state index in [4.69, 9.17) is 0 Å². The summed E-state index contributed by atoms with van der Waals surface area (Å²) in [4.78, 5) is 0. The van der Waals surface area contributed by atoms with Gasteiger partial charge in [-0.05, 0) is 90.5 Å². The van der Waals surface area contributed by atoms with Crippen LogP contribution in [0.1, 0.15) is 37.7 Å². The van der Waals surface area contributed by atoms with Crippen LogP contribution in [0.3, 0.4) is 0 Å². The Bertz CT molecular complexity index is 1220. The minimum absolute atomic E-state index is 0. The average molecular weight is 481 g/mol. The molecule has 31 heavy (non-hydrogen) atoms. The van der Waals surface area contributed by atoms with Crippen molar-refractivity contribution in [2.75, 3.05) is 0 Å². The summed E-state index contributed by atoms with van der Waals surface area (Å²) in [5, 5.41) is 5.50. The van der Waals surface area contributed by atoms with Crippen molar-refractivity contribution in [2.45, 2.75) is 38.5 Å². The Hall–Kier alpha value is -1.59. The van der Waals surface area contributed by atoms with Gasteiger partial charge in [0, 0.05) is 26.2 Å². The second kappa shape index (κ2) is 7.77. The summed E-state index contributed by atoms with van der Waals surface area (Å²) in [7, 11) is 0. The van der Waals surface area contributed by atoms with Gasteiger partial charge in [-0.3, -0.25) is 0 Å². The van der Waals surface area contributed by atoms with Gasteiger partial charge >= 0.3 is 0 Å². The Kier molecular flexibility index (Phi) is 5.03. The molecule has 4 aromatic rings. The molecular formula is C30H29Zr-. The SMILES string of the molecule is [Zr].c1ccc2cc(-c3cccc4[cH-]c(CC5C6CC7CC(C6)CC5C7)cc34)ccc2c1. The monoisotopic (exact) mass is 479 g/mol. The Morgan fingerprint density at radius 2 is 1.45 bits per heavy atom. The molecule has 4 aliphatic carbocycles. The van der Waals surface area contributed by atoms with Crippen LogP contribution in [0.5, 0.6) is 0 Å². The van der Waals surface area contributed by atoms with Crippen LogP contribution in [0.2, 0.25) is 0 Å². The van der Waals surface area contributed by atoms with Gasteiger partial charge in [0.05, 0.1) is 0 Å². The van der Waals surface area contributed by atoms with E-state index in [0.29, 0.717) is 0 Å². The average Bonchev–Trinajstić information content (AvgIpc) is 3.18. The predicted molar refractivity (Wildman–Crippen MR) is 127 cm³/mol. The number of fused-ring (bicyclic) bond motifs is 2. The fourth-order valence-corrected chi connectivity index (χ4v) is 7.67. The maximum atomic E-state index is 2.52. The number of hydrogen-bond donors (Lipinski definition) is 0. The zero-order valence-electron chi connectivity index (χ0n) is 18.1. The molecule has 0 aromatic heterocycles. The molecule has 4 fully saturated rings. The summed E-state index contributed by atoms with van der Waals surface area (Å²) in [6, 6.07) is 27.5. The fourth-order valence-electron chi connectivity index (χ4n) is 7.67. The molecular weight excluding hydrogens is 452 g/mol. The third kappa shape index (κ3) is 3.39. The molecule has 0 radical (unpaired) electrons. The second-order valence-corrected chi connectivity index (χ2v) is 10.5. The van der Waals surface area contributed by atoms with Gasteiger partial charge in [-0.1, -0.05) is 48.0 Å². The first kappa shape index (κ1) is 20.1. The van der Waals surface area contributed by atoms with E-state index in [1.807, 2.05) is 0 Å². The van der Waals surface area contributed by atoms with Gasteiger partial charge in [-0.2, -0.15) is 6.07 Å². The summed E-state index contributed by atoms with van der Waals surface area (Å²) in [5.74, 6) is 5.11. The van der Waals surface area contributed by atoms with Crippen LogP contribution in [-0.4, -0.2) is 0 Å². The molecule has 0 nitrogen and oxygen atoms in total. The van der Waals surface area contributed by atoms with Crippen LogP contribution in [0.4, 0.5) is 0 Å². The molecule has 0 spiro atoms. The van der Waals surface area contributed by atoms with Gasteiger partial charge in [0.25, 0.3) is 0 Å². The van der Waals surface area contributed by atoms with Crippen LogP contribution >= 0.6 is 0 Å². The van der Waals surface area contributed by atoms with Crippen molar-refractivity contribution in [3.63, 3.8) is 0 Å². The van der Waals surface area contributed by atoms with Gasteiger partial charge in [0.2, 0.25) is 0 Å². The van der Waals surface area contributed by atoms with E-state index in [1.54, 1.807) is 12.0 Å². The van der Waals surface area contributed by atoms with Gasteiger partial charge in [0.1, 0.15) is 0 Å². The summed E-state index contributed by atoms with van der Waals surface area (Å²) >= 11 is 0. The Labute approximate surface area is 204 Å². The summed E-state index contributed by atoms with van der Waals surface area (Å²) in [6.07, 6.45) is 8.97. The fraction of sp³-hybridized carbons (Fsp3) is 0.367. The van der Waals surface area contributed by atoms with E-state index >= 15 is 0 Å². The molecule has 0 saturated heterocycles. The summed E-state index contributed by atoms with van der Waals surface area (Å²) in [5.41, 5.74) is 4.30. The largest absolute Gasteiger partial charge is 0.164 e. The smallest absolute Gasteiger partial charge is 0 e. The normalized spacial score (nSPS) is 28.8. The van der Waals surface area contributed by atoms with Gasteiger partial charge in [-0.25, -0.2) is 0 Å². The Morgan fingerprint density at radius 3 is 2.23 bits per heavy atom. The van der Waals surface area contributed by atoms with Crippen molar-refractivity contribution in [3.05, 3.63) is 78.4 Å². The van der Waals surface area contributed by atoms with Crippen molar-refractivity contribution < 1.29 is 26.2 Å². The first-order chi connectivity index (χ1) is 14.8. The first-order valence-electron chi connectivity index (χ1n) is 12.0. The molecule has 4 saturated carbocycles. The standard InChI is InChI=1S/C30H29.Zr/c1-2-5-23-18-25(9-8-22(23)4-1)28-7-3-6-24-11-21(17-30(24)28)16-29-26-12-19-10-20(14-26)15-27(29)13-19;/h1-9,11,17-20,26-27,29H,10,12-16H2;/q-1;. The van der Waals surface area contributed by atoms with Crippen LogP contribution in [0, 0.1) is 29.6 Å². The molecule has 154 valence electrons. The molecule has 8 rings (SSSR count). The molecule has 0 aliphatic heterocycles. The van der Waals surface area contributed by atoms with E-state index < -0.39 is 0 Å². The molecule has 0 N–H and O–H groups in total. The minimum Gasteiger partial charge on any atom is -0.164 e. The van der Waals surface area contributed by atoms with Crippen molar-refractivity contribution >= 4 is 21.5 Å². The number of rotatable bonds is 3. The van der Waals surface area contributed by atoms with E-state index in [2.05, 4.69) is 72.8 Å². The van der Waals surface area contributed by atoms with Crippen LogP contribution < -0.4 is 0 Å².